The van der Waals surface area contributed by atoms with E-state index in [0.717, 1.165) is 6.42 Å². The van der Waals surface area contributed by atoms with Crippen LogP contribution in [0.4, 0.5) is 0 Å². The number of rotatable bonds is 4. The van der Waals surface area contributed by atoms with E-state index in [-0.39, 0.29) is 5.97 Å². The number of fused-ring (bicyclic) bond motifs is 1. The highest BCUT2D eigenvalue weighted by molar-refractivity contribution is 5.86. The van der Waals surface area contributed by atoms with E-state index >= 15 is 0 Å². The Hall–Kier alpha value is -2.09. The van der Waals surface area contributed by atoms with Crippen LogP contribution in [0.5, 0.6) is 0 Å². The molecule has 18 heavy (non-hydrogen) atoms. The zero-order chi connectivity index (χ0) is 13.0. The first-order valence-corrected chi connectivity index (χ1v) is 5.98. The minimum atomic E-state index is -0.369. The fraction of sp³-hybridized carbons (Fsp3) is 0.188. The van der Waals surface area contributed by atoms with Crippen LogP contribution in [0.1, 0.15) is 11.1 Å². The number of hydrogen-bond acceptors (Lipinski definition) is 2. The van der Waals surface area contributed by atoms with E-state index in [1.54, 1.807) is 0 Å². The van der Waals surface area contributed by atoms with Gasteiger partial charge < -0.3 is 4.74 Å². The second-order valence-corrected chi connectivity index (χ2v) is 4.26. The van der Waals surface area contributed by atoms with Gasteiger partial charge in [0.25, 0.3) is 0 Å². The third kappa shape index (κ3) is 2.77. The van der Waals surface area contributed by atoms with Crippen molar-refractivity contribution < 1.29 is 9.53 Å². The van der Waals surface area contributed by atoms with Crippen LogP contribution in [-0.2, 0) is 16.0 Å². The molecule has 0 aliphatic heterocycles. The number of carbonyl (C=O) groups is 1. The topological polar surface area (TPSA) is 26.3 Å². The molecule has 0 saturated carbocycles. The fourth-order valence-electron chi connectivity index (χ4n) is 2.01. The molecule has 0 radical (unpaired) electrons. The van der Waals surface area contributed by atoms with Crippen LogP contribution in [0.3, 0.4) is 0 Å². The lowest BCUT2D eigenvalue weighted by molar-refractivity contribution is -0.137. The van der Waals surface area contributed by atoms with E-state index < -0.39 is 0 Å². The summed E-state index contributed by atoms with van der Waals surface area (Å²) in [5, 5.41) is 2.44. The van der Waals surface area contributed by atoms with Gasteiger partial charge in [-0.2, -0.15) is 0 Å². The predicted molar refractivity (Wildman–Crippen MR) is 73.5 cm³/mol. The zero-order valence-electron chi connectivity index (χ0n) is 10.5. The minimum absolute atomic E-state index is 0.369. The summed E-state index contributed by atoms with van der Waals surface area (Å²) in [6, 6.07) is 12.6. The Kier molecular flexibility index (Phi) is 3.78. The maximum atomic E-state index is 11.0. The molecular formula is C16H16O2. The van der Waals surface area contributed by atoms with Gasteiger partial charge in [0.05, 0.1) is 6.61 Å². The summed E-state index contributed by atoms with van der Waals surface area (Å²) in [5.41, 5.74) is 2.45. The van der Waals surface area contributed by atoms with E-state index in [1.165, 1.54) is 28.0 Å². The first-order chi connectivity index (χ1) is 8.70. The quantitative estimate of drug-likeness (QED) is 0.604. The molecule has 2 nitrogen and oxygen atoms in total. The zero-order valence-corrected chi connectivity index (χ0v) is 10.5. The first kappa shape index (κ1) is 12.4. The van der Waals surface area contributed by atoms with E-state index in [4.69, 9.17) is 4.74 Å². The number of hydrogen-bond donors (Lipinski definition) is 0. The molecule has 0 aliphatic rings. The van der Waals surface area contributed by atoms with E-state index in [9.17, 15) is 4.79 Å². The van der Waals surface area contributed by atoms with Crippen LogP contribution >= 0.6 is 0 Å². The standard InChI is InChI=1S/C16H16O2/c1-3-16(17)18-10-9-13-5-4-6-14-11-12(2)7-8-15(13)14/h3-8,11H,1,9-10H2,2H3. The number of benzene rings is 2. The van der Waals surface area contributed by atoms with Crippen molar-refractivity contribution >= 4 is 16.7 Å². The van der Waals surface area contributed by atoms with Crippen LogP contribution < -0.4 is 0 Å². The molecule has 0 aromatic heterocycles. The maximum absolute atomic E-state index is 11.0. The second kappa shape index (κ2) is 5.50. The Balaban J connectivity index is 2.18. The van der Waals surface area contributed by atoms with Gasteiger partial charge in [0, 0.05) is 12.5 Å². The number of aryl methyl sites for hydroxylation is 1. The molecule has 2 rings (SSSR count). The molecule has 0 bridgehead atoms. The second-order valence-electron chi connectivity index (χ2n) is 4.26. The summed E-state index contributed by atoms with van der Waals surface area (Å²) in [6.07, 6.45) is 1.91. The van der Waals surface area contributed by atoms with Gasteiger partial charge in [0.2, 0.25) is 0 Å². The highest BCUT2D eigenvalue weighted by atomic mass is 16.5. The largest absolute Gasteiger partial charge is 0.462 e. The van der Waals surface area contributed by atoms with Crippen molar-refractivity contribution in [1.82, 2.24) is 0 Å². The van der Waals surface area contributed by atoms with Crippen molar-refractivity contribution in [3.63, 3.8) is 0 Å². The molecule has 2 aromatic rings. The highest BCUT2D eigenvalue weighted by Gasteiger charge is 2.02. The van der Waals surface area contributed by atoms with Crippen molar-refractivity contribution in [2.24, 2.45) is 0 Å². The summed E-state index contributed by atoms with van der Waals surface area (Å²) in [7, 11) is 0. The summed E-state index contributed by atoms with van der Waals surface area (Å²) >= 11 is 0. The SMILES string of the molecule is C=CC(=O)OCCc1cccc2cc(C)ccc12. The van der Waals surface area contributed by atoms with E-state index in [0.29, 0.717) is 6.61 Å². The van der Waals surface area contributed by atoms with Gasteiger partial charge in [-0.25, -0.2) is 4.79 Å². The monoisotopic (exact) mass is 240 g/mol. The fourth-order valence-corrected chi connectivity index (χ4v) is 2.01. The summed E-state index contributed by atoms with van der Waals surface area (Å²) in [4.78, 5) is 11.0. The van der Waals surface area contributed by atoms with Gasteiger partial charge in [0.15, 0.2) is 0 Å². The van der Waals surface area contributed by atoms with Crippen molar-refractivity contribution in [3.8, 4) is 0 Å². The molecule has 0 spiro atoms. The number of ether oxygens (including phenoxy) is 1. The Morgan fingerprint density at radius 2 is 2.17 bits per heavy atom. The van der Waals surface area contributed by atoms with Gasteiger partial charge in [-0.1, -0.05) is 48.5 Å². The molecule has 0 saturated heterocycles. The summed E-state index contributed by atoms with van der Waals surface area (Å²) < 4.78 is 5.01. The van der Waals surface area contributed by atoms with Gasteiger partial charge in [0.1, 0.15) is 0 Å². The number of carbonyl (C=O) groups excluding carboxylic acids is 1. The van der Waals surface area contributed by atoms with Crippen molar-refractivity contribution in [3.05, 3.63) is 60.2 Å². The van der Waals surface area contributed by atoms with E-state index in [1.807, 2.05) is 6.07 Å². The first-order valence-electron chi connectivity index (χ1n) is 5.98. The lowest BCUT2D eigenvalue weighted by Gasteiger charge is -2.07. The molecule has 92 valence electrons. The highest BCUT2D eigenvalue weighted by Crippen LogP contribution is 2.20. The molecule has 0 amide bonds. The van der Waals surface area contributed by atoms with Crippen LogP contribution in [-0.4, -0.2) is 12.6 Å². The predicted octanol–water partition coefficient (Wildman–Crippen LogP) is 3.42. The molecular weight excluding hydrogens is 224 g/mol. The molecule has 0 atom stereocenters. The van der Waals surface area contributed by atoms with Crippen molar-refractivity contribution in [2.75, 3.05) is 6.61 Å². The third-order valence-electron chi connectivity index (χ3n) is 2.91. The summed E-state index contributed by atoms with van der Waals surface area (Å²) in [5.74, 6) is -0.369. The molecule has 0 N–H and O–H groups in total. The van der Waals surface area contributed by atoms with Gasteiger partial charge in [-0.3, -0.25) is 0 Å². The molecule has 0 fully saturated rings. The Morgan fingerprint density at radius 3 is 2.94 bits per heavy atom. The normalized spacial score (nSPS) is 10.3. The van der Waals surface area contributed by atoms with Crippen LogP contribution in [0, 0.1) is 6.92 Å². The summed E-state index contributed by atoms with van der Waals surface area (Å²) in [6.45, 7) is 5.84. The third-order valence-corrected chi connectivity index (χ3v) is 2.91. The van der Waals surface area contributed by atoms with Gasteiger partial charge >= 0.3 is 5.97 Å². The number of esters is 1. The van der Waals surface area contributed by atoms with Crippen molar-refractivity contribution in [2.45, 2.75) is 13.3 Å². The lowest BCUT2D eigenvalue weighted by atomic mass is 10.0. The minimum Gasteiger partial charge on any atom is -0.462 e. The van der Waals surface area contributed by atoms with Crippen molar-refractivity contribution in [1.29, 1.82) is 0 Å². The Labute approximate surface area is 107 Å². The average molecular weight is 240 g/mol. The van der Waals surface area contributed by atoms with Gasteiger partial charge in [-0.05, 0) is 23.3 Å². The molecule has 0 unspecified atom stereocenters. The molecule has 0 aliphatic carbocycles. The lowest BCUT2D eigenvalue weighted by Crippen LogP contribution is -2.04. The molecule has 0 heterocycles. The van der Waals surface area contributed by atoms with Crippen LogP contribution in [0.2, 0.25) is 0 Å². The molecule has 2 heteroatoms. The van der Waals surface area contributed by atoms with Gasteiger partial charge in [-0.15, -0.1) is 0 Å². The van der Waals surface area contributed by atoms with Crippen LogP contribution in [0.25, 0.3) is 10.8 Å². The Bertz CT molecular complexity index is 585. The maximum Gasteiger partial charge on any atom is 0.330 e. The molecule has 2 aromatic carbocycles. The smallest absolute Gasteiger partial charge is 0.330 e. The van der Waals surface area contributed by atoms with E-state index in [2.05, 4.69) is 43.8 Å². The van der Waals surface area contributed by atoms with Crippen LogP contribution in [0.15, 0.2) is 49.1 Å². The Morgan fingerprint density at radius 1 is 1.33 bits per heavy atom. The average Bonchev–Trinajstić information content (AvgIpc) is 2.38.